The van der Waals surface area contributed by atoms with Crippen LogP contribution in [0.2, 0.25) is 0 Å². The van der Waals surface area contributed by atoms with Gasteiger partial charge in [-0.2, -0.15) is 44.8 Å². The minimum absolute atomic E-state index is 0.257. The Labute approximate surface area is 205 Å². The van der Waals surface area contributed by atoms with Gasteiger partial charge in [0.1, 0.15) is 11.6 Å². The average molecular weight is 538 g/mol. The minimum atomic E-state index is -6.16. The summed E-state index contributed by atoms with van der Waals surface area (Å²) in [6.45, 7) is 2.25. The van der Waals surface area contributed by atoms with Crippen molar-refractivity contribution in [3.05, 3.63) is 76.4 Å². The zero-order valence-electron chi connectivity index (χ0n) is 19.2. The van der Waals surface area contributed by atoms with E-state index >= 15 is 0 Å². The molecule has 4 nitrogen and oxygen atoms in total. The molecule has 13 heteroatoms. The Bertz CT molecular complexity index is 1190. The van der Waals surface area contributed by atoms with Gasteiger partial charge in [-0.3, -0.25) is 4.79 Å². The maximum Gasteiger partial charge on any atom is 0.430 e. The van der Waals surface area contributed by atoms with Crippen molar-refractivity contribution in [3.63, 3.8) is 0 Å². The van der Waals surface area contributed by atoms with E-state index in [2.05, 4.69) is 0 Å². The highest BCUT2D eigenvalue weighted by Gasteiger charge is 2.71. The molecule has 0 saturated heterocycles. The summed E-state index contributed by atoms with van der Waals surface area (Å²) < 4.78 is 120. The van der Waals surface area contributed by atoms with Crippen LogP contribution in [0.4, 0.5) is 45.2 Å². The summed E-state index contributed by atoms with van der Waals surface area (Å²) in [5.41, 5.74) is -8.98. The van der Waals surface area contributed by atoms with Gasteiger partial charge in [0.2, 0.25) is 0 Å². The number of carbonyl (C=O) groups excluding carboxylic acids is 1. The van der Waals surface area contributed by atoms with Crippen LogP contribution >= 0.6 is 0 Å². The van der Waals surface area contributed by atoms with E-state index in [1.54, 1.807) is 25.1 Å². The summed E-state index contributed by atoms with van der Waals surface area (Å²) >= 11 is 0. The molecule has 0 fully saturated rings. The zero-order valence-corrected chi connectivity index (χ0v) is 19.2. The van der Waals surface area contributed by atoms with Crippen molar-refractivity contribution in [1.29, 1.82) is 5.26 Å². The minimum Gasteiger partial charge on any atom is -0.369 e. The lowest BCUT2D eigenvalue weighted by Gasteiger charge is -2.33. The number of nitriles is 1. The van der Waals surface area contributed by atoms with Crippen LogP contribution in [0.25, 0.3) is 0 Å². The summed E-state index contributed by atoms with van der Waals surface area (Å²) in [7, 11) is 0. The molecular formula is C24H19F9N2O2. The Hall–Kier alpha value is -3.53. The second-order valence-corrected chi connectivity index (χ2v) is 7.95. The van der Waals surface area contributed by atoms with Crippen molar-refractivity contribution in [2.75, 3.05) is 4.90 Å². The third-order valence-corrected chi connectivity index (χ3v) is 5.41. The van der Waals surface area contributed by atoms with E-state index in [1.165, 1.54) is 12.1 Å². The van der Waals surface area contributed by atoms with Gasteiger partial charge >= 0.3 is 18.5 Å². The molecule has 2 aromatic rings. The van der Waals surface area contributed by atoms with Gasteiger partial charge in [0.25, 0.3) is 11.5 Å². The lowest BCUT2D eigenvalue weighted by Crippen LogP contribution is -2.53. The van der Waals surface area contributed by atoms with Gasteiger partial charge in [-0.05, 0) is 31.0 Å². The molecule has 0 aliphatic carbocycles. The Morgan fingerprint density at radius 3 is 1.89 bits per heavy atom. The van der Waals surface area contributed by atoms with E-state index in [1.807, 2.05) is 0 Å². The third kappa shape index (κ3) is 6.07. The molecule has 2 aromatic carbocycles. The number of nitrogens with zero attached hydrogens (tertiary/aromatic N) is 2. The molecule has 0 atom stereocenters. The fraction of sp³-hybridized carbons (Fsp3) is 0.333. The van der Waals surface area contributed by atoms with E-state index in [4.69, 9.17) is 0 Å². The van der Waals surface area contributed by atoms with Gasteiger partial charge in [0.15, 0.2) is 0 Å². The number of hydrogen-bond donors (Lipinski definition) is 1. The zero-order chi connectivity index (χ0) is 28.4. The summed E-state index contributed by atoms with van der Waals surface area (Å²) in [5.74, 6) is -1.46. The van der Waals surface area contributed by atoms with Crippen molar-refractivity contribution in [3.8, 4) is 6.07 Å². The molecule has 0 aliphatic heterocycles. The quantitative estimate of drug-likeness (QED) is 0.255. The molecule has 0 spiro atoms. The maximum atomic E-state index is 13.5. The van der Waals surface area contributed by atoms with Crippen molar-refractivity contribution in [1.82, 2.24) is 0 Å². The number of aryl methyl sites for hydroxylation is 1. The number of aliphatic hydroxyl groups is 1. The number of hydrogen-bond acceptors (Lipinski definition) is 3. The average Bonchev–Trinajstić information content (AvgIpc) is 2.77. The highest BCUT2D eigenvalue weighted by molar-refractivity contribution is 6.08. The fourth-order valence-electron chi connectivity index (χ4n) is 3.54. The van der Waals surface area contributed by atoms with Crippen LogP contribution in [-0.4, -0.2) is 29.5 Å². The third-order valence-electron chi connectivity index (χ3n) is 5.41. The molecule has 37 heavy (non-hydrogen) atoms. The molecule has 0 radical (unpaired) electrons. The summed E-state index contributed by atoms with van der Waals surface area (Å²) in [6.07, 6.45) is -18.1. The lowest BCUT2D eigenvalue weighted by atomic mass is 9.92. The summed E-state index contributed by atoms with van der Waals surface area (Å²) in [5, 5.41) is 18.9. The second-order valence-electron chi connectivity index (χ2n) is 7.95. The van der Waals surface area contributed by atoms with Crippen LogP contribution in [0.5, 0.6) is 0 Å². The molecule has 0 unspecified atom stereocenters. The molecule has 200 valence electrons. The molecule has 0 aromatic heterocycles. The normalized spacial score (nSPS) is 13.6. The van der Waals surface area contributed by atoms with E-state index in [0.717, 1.165) is 6.92 Å². The Balaban J connectivity index is 2.70. The van der Waals surface area contributed by atoms with Gasteiger partial charge in [-0.15, -0.1) is 0 Å². The number of benzene rings is 2. The summed E-state index contributed by atoms with van der Waals surface area (Å²) in [4.78, 5) is 13.8. The fourth-order valence-corrected chi connectivity index (χ4v) is 3.54. The van der Waals surface area contributed by atoms with Crippen LogP contribution < -0.4 is 4.90 Å². The van der Waals surface area contributed by atoms with Crippen LogP contribution in [-0.2, 0) is 16.9 Å². The van der Waals surface area contributed by atoms with E-state index in [-0.39, 0.29) is 12.1 Å². The van der Waals surface area contributed by atoms with Crippen LogP contribution in [0.3, 0.4) is 0 Å². The van der Waals surface area contributed by atoms with E-state index in [0.29, 0.717) is 28.2 Å². The first-order chi connectivity index (χ1) is 16.9. The number of anilines is 1. The first-order valence-electron chi connectivity index (χ1n) is 10.4. The number of alkyl halides is 9. The first-order valence-corrected chi connectivity index (χ1v) is 10.4. The number of amides is 1. The highest BCUT2D eigenvalue weighted by Crippen LogP contribution is 2.50. The van der Waals surface area contributed by atoms with E-state index < -0.39 is 65.4 Å². The monoisotopic (exact) mass is 538 g/mol. The summed E-state index contributed by atoms with van der Waals surface area (Å²) in [6, 6.07) is 9.19. The topological polar surface area (TPSA) is 64.3 Å². The molecule has 1 amide bonds. The maximum absolute atomic E-state index is 13.5. The molecule has 0 heterocycles. The molecular weight excluding hydrogens is 519 g/mol. The Morgan fingerprint density at radius 2 is 1.49 bits per heavy atom. The van der Waals surface area contributed by atoms with Crippen LogP contribution in [0.1, 0.15) is 30.0 Å². The van der Waals surface area contributed by atoms with Crippen molar-refractivity contribution in [2.45, 2.75) is 50.9 Å². The molecule has 0 saturated carbocycles. The predicted octanol–water partition coefficient (Wildman–Crippen LogP) is 6.63. The SMILES string of the molecule is CC/C(=C(/C#N)C(=O)N(Cc1cccc(C)c1)c1ccc(C(O)(C(F)(F)F)C(F)(F)F)cc1)C(F)(F)F. The van der Waals surface area contributed by atoms with Gasteiger partial charge in [-0.25, -0.2) is 0 Å². The second kappa shape index (κ2) is 10.5. The molecule has 0 bridgehead atoms. The smallest absolute Gasteiger partial charge is 0.369 e. The van der Waals surface area contributed by atoms with Crippen molar-refractivity contribution in [2.24, 2.45) is 0 Å². The number of carbonyl (C=O) groups is 1. The van der Waals surface area contributed by atoms with Gasteiger partial charge in [0.05, 0.1) is 12.1 Å². The Kier molecular flexibility index (Phi) is 8.39. The predicted molar refractivity (Wildman–Crippen MR) is 114 cm³/mol. The molecule has 0 aliphatic rings. The number of allylic oxidation sites excluding steroid dienone is 1. The standard InChI is InChI=1S/C24H19F9N2O2/c1-3-19(22(25,26)27)18(12-34)20(36)35(13-15-6-4-5-14(2)11-15)17-9-7-16(8-10-17)21(37,23(28,29)30)24(31,32)33/h4-11,37H,3,13H2,1-2H3/b19-18+. The molecule has 1 N–H and O–H groups in total. The first kappa shape index (κ1) is 29.7. The lowest BCUT2D eigenvalue weighted by molar-refractivity contribution is -0.376. The van der Waals surface area contributed by atoms with Gasteiger partial charge in [-0.1, -0.05) is 48.9 Å². The van der Waals surface area contributed by atoms with Crippen LogP contribution in [0.15, 0.2) is 59.7 Å². The van der Waals surface area contributed by atoms with Crippen LogP contribution in [0, 0.1) is 18.3 Å². The number of halogens is 9. The molecule has 2 rings (SSSR count). The van der Waals surface area contributed by atoms with Gasteiger partial charge in [0, 0.05) is 11.3 Å². The largest absolute Gasteiger partial charge is 0.430 e. The van der Waals surface area contributed by atoms with E-state index in [9.17, 15) is 54.7 Å². The number of rotatable bonds is 6. The Morgan fingerprint density at radius 1 is 0.946 bits per heavy atom. The van der Waals surface area contributed by atoms with Crippen molar-refractivity contribution >= 4 is 11.6 Å². The van der Waals surface area contributed by atoms with Crippen molar-refractivity contribution < 1.29 is 49.4 Å². The highest BCUT2D eigenvalue weighted by atomic mass is 19.4. The van der Waals surface area contributed by atoms with Gasteiger partial charge < -0.3 is 10.0 Å².